The first-order valence-electron chi connectivity index (χ1n) is 7.75. The third-order valence-electron chi connectivity index (χ3n) is 4.06. The molecule has 1 aliphatic carbocycles. The van der Waals surface area contributed by atoms with Gasteiger partial charge in [0.15, 0.2) is 5.82 Å². The molecule has 0 saturated heterocycles. The summed E-state index contributed by atoms with van der Waals surface area (Å²) in [6.07, 6.45) is 5.61. The highest BCUT2D eigenvalue weighted by Gasteiger charge is 2.26. The smallest absolute Gasteiger partial charge is 0.290 e. The van der Waals surface area contributed by atoms with Crippen molar-refractivity contribution in [3.63, 3.8) is 0 Å². The standard InChI is InChI=1S/C15H21N5O2/c1-9(2)20-8-16-18-14(20)10(3)17-15(21)13-11-6-4-5-7-12(11)19-22-13/h8-10H,4-7H2,1-3H3,(H,17,21)/t10-/m0/s1. The summed E-state index contributed by atoms with van der Waals surface area (Å²) < 4.78 is 7.22. The number of fused-ring (bicyclic) bond motifs is 1. The van der Waals surface area contributed by atoms with E-state index in [1.165, 1.54) is 0 Å². The highest BCUT2D eigenvalue weighted by Crippen LogP contribution is 2.24. The maximum Gasteiger partial charge on any atom is 0.290 e. The summed E-state index contributed by atoms with van der Waals surface area (Å²) in [7, 11) is 0. The number of carbonyl (C=O) groups is 1. The lowest BCUT2D eigenvalue weighted by Crippen LogP contribution is -2.29. The average molecular weight is 303 g/mol. The van der Waals surface area contributed by atoms with Crippen LogP contribution in [0.4, 0.5) is 0 Å². The lowest BCUT2D eigenvalue weighted by molar-refractivity contribution is 0.0898. The summed E-state index contributed by atoms with van der Waals surface area (Å²) >= 11 is 0. The highest BCUT2D eigenvalue weighted by molar-refractivity contribution is 5.93. The molecule has 0 aromatic carbocycles. The van der Waals surface area contributed by atoms with Crippen LogP contribution in [0.2, 0.25) is 0 Å². The van der Waals surface area contributed by atoms with E-state index in [4.69, 9.17) is 4.52 Å². The molecule has 3 rings (SSSR count). The minimum absolute atomic E-state index is 0.235. The molecule has 2 heterocycles. The van der Waals surface area contributed by atoms with E-state index in [2.05, 4.69) is 20.7 Å². The van der Waals surface area contributed by atoms with E-state index in [1.807, 2.05) is 25.3 Å². The summed E-state index contributed by atoms with van der Waals surface area (Å²) in [6.45, 7) is 5.99. The zero-order valence-electron chi connectivity index (χ0n) is 13.2. The molecule has 1 N–H and O–H groups in total. The molecule has 0 radical (unpaired) electrons. The molecular weight excluding hydrogens is 282 g/mol. The van der Waals surface area contributed by atoms with Crippen LogP contribution >= 0.6 is 0 Å². The molecule has 118 valence electrons. The van der Waals surface area contributed by atoms with Gasteiger partial charge in [0.1, 0.15) is 6.33 Å². The Morgan fingerprint density at radius 3 is 2.86 bits per heavy atom. The SMILES string of the molecule is CC(C)n1cnnc1[C@H](C)NC(=O)c1onc2c1CCCC2. The lowest BCUT2D eigenvalue weighted by Gasteiger charge is -2.16. The molecule has 2 aromatic heterocycles. The van der Waals surface area contributed by atoms with Gasteiger partial charge in [-0.15, -0.1) is 10.2 Å². The summed E-state index contributed by atoms with van der Waals surface area (Å²) in [5.41, 5.74) is 1.88. The number of hydrogen-bond donors (Lipinski definition) is 1. The van der Waals surface area contributed by atoms with Crippen LogP contribution < -0.4 is 5.32 Å². The van der Waals surface area contributed by atoms with Gasteiger partial charge < -0.3 is 14.4 Å². The van der Waals surface area contributed by atoms with Crippen LogP contribution in [0.25, 0.3) is 0 Å². The molecule has 2 aromatic rings. The molecular formula is C15H21N5O2. The largest absolute Gasteiger partial charge is 0.350 e. The molecule has 0 saturated carbocycles. The second-order valence-corrected chi connectivity index (χ2v) is 6.03. The predicted octanol–water partition coefficient (Wildman–Crippen LogP) is 2.22. The molecule has 1 atom stereocenters. The number of aryl methyl sites for hydroxylation is 1. The zero-order chi connectivity index (χ0) is 15.7. The molecule has 0 fully saturated rings. The molecule has 1 aliphatic rings. The van der Waals surface area contributed by atoms with Gasteiger partial charge in [-0.1, -0.05) is 5.16 Å². The molecule has 22 heavy (non-hydrogen) atoms. The Labute approximate surface area is 129 Å². The Morgan fingerprint density at radius 1 is 1.32 bits per heavy atom. The van der Waals surface area contributed by atoms with E-state index in [0.717, 1.165) is 42.8 Å². The van der Waals surface area contributed by atoms with Crippen LogP contribution in [0.15, 0.2) is 10.9 Å². The van der Waals surface area contributed by atoms with Gasteiger partial charge in [0, 0.05) is 11.6 Å². The van der Waals surface area contributed by atoms with Gasteiger partial charge in [-0.25, -0.2) is 0 Å². The van der Waals surface area contributed by atoms with Crippen molar-refractivity contribution in [3.8, 4) is 0 Å². The highest BCUT2D eigenvalue weighted by atomic mass is 16.5. The van der Waals surface area contributed by atoms with E-state index < -0.39 is 0 Å². The first-order valence-corrected chi connectivity index (χ1v) is 7.75. The predicted molar refractivity (Wildman–Crippen MR) is 79.4 cm³/mol. The van der Waals surface area contributed by atoms with Crippen molar-refractivity contribution in [1.29, 1.82) is 0 Å². The Hall–Kier alpha value is -2.18. The maximum atomic E-state index is 12.5. The van der Waals surface area contributed by atoms with Gasteiger partial charge in [-0.05, 0) is 46.5 Å². The Morgan fingerprint density at radius 2 is 2.09 bits per heavy atom. The average Bonchev–Trinajstić information content (AvgIpc) is 3.14. The molecule has 0 unspecified atom stereocenters. The van der Waals surface area contributed by atoms with Crippen molar-refractivity contribution < 1.29 is 9.32 Å². The third-order valence-corrected chi connectivity index (χ3v) is 4.06. The maximum absolute atomic E-state index is 12.5. The fourth-order valence-corrected chi connectivity index (χ4v) is 2.86. The Kier molecular flexibility index (Phi) is 3.96. The van der Waals surface area contributed by atoms with E-state index in [1.54, 1.807) is 6.33 Å². The van der Waals surface area contributed by atoms with E-state index in [9.17, 15) is 4.79 Å². The minimum Gasteiger partial charge on any atom is -0.350 e. The second kappa shape index (κ2) is 5.90. The van der Waals surface area contributed by atoms with Crippen molar-refractivity contribution in [2.45, 2.75) is 58.5 Å². The van der Waals surface area contributed by atoms with E-state index in [0.29, 0.717) is 5.76 Å². The molecule has 0 aliphatic heterocycles. The number of nitrogens with one attached hydrogen (secondary N) is 1. The van der Waals surface area contributed by atoms with Gasteiger partial charge in [-0.3, -0.25) is 4.79 Å². The number of aromatic nitrogens is 4. The fourth-order valence-electron chi connectivity index (χ4n) is 2.86. The fraction of sp³-hybridized carbons (Fsp3) is 0.600. The quantitative estimate of drug-likeness (QED) is 0.936. The number of hydrogen-bond acceptors (Lipinski definition) is 5. The summed E-state index contributed by atoms with van der Waals surface area (Å²) in [5.74, 6) is 0.843. The normalized spacial score (nSPS) is 15.6. The molecule has 1 amide bonds. The van der Waals surface area contributed by atoms with Crippen LogP contribution in [0, 0.1) is 0 Å². The third kappa shape index (κ3) is 2.63. The van der Waals surface area contributed by atoms with Gasteiger partial charge in [0.25, 0.3) is 5.91 Å². The van der Waals surface area contributed by atoms with Gasteiger partial charge in [0.05, 0.1) is 11.7 Å². The van der Waals surface area contributed by atoms with Crippen molar-refractivity contribution >= 4 is 5.91 Å². The lowest BCUT2D eigenvalue weighted by atomic mass is 9.96. The van der Waals surface area contributed by atoms with Crippen molar-refractivity contribution in [2.75, 3.05) is 0 Å². The van der Waals surface area contributed by atoms with Gasteiger partial charge in [0.2, 0.25) is 5.76 Å². The summed E-state index contributed by atoms with van der Waals surface area (Å²) in [6, 6.07) is -0.0101. The second-order valence-electron chi connectivity index (χ2n) is 6.03. The summed E-state index contributed by atoms with van der Waals surface area (Å²) in [5, 5.41) is 15.0. The molecule has 7 heteroatoms. The van der Waals surface area contributed by atoms with Crippen LogP contribution in [0.1, 0.15) is 73.3 Å². The monoisotopic (exact) mass is 303 g/mol. The summed E-state index contributed by atoms with van der Waals surface area (Å²) in [4.78, 5) is 12.5. The Balaban J connectivity index is 1.76. The van der Waals surface area contributed by atoms with Gasteiger partial charge in [-0.2, -0.15) is 0 Å². The number of rotatable bonds is 4. The van der Waals surface area contributed by atoms with Crippen LogP contribution in [-0.4, -0.2) is 25.8 Å². The van der Waals surface area contributed by atoms with Crippen LogP contribution in [0.5, 0.6) is 0 Å². The molecule has 0 bridgehead atoms. The molecule has 0 spiro atoms. The van der Waals surface area contributed by atoms with E-state index in [-0.39, 0.29) is 18.0 Å². The van der Waals surface area contributed by atoms with Crippen molar-refractivity contribution in [1.82, 2.24) is 25.2 Å². The Bertz CT molecular complexity index is 673. The first-order chi connectivity index (χ1) is 10.6. The number of amides is 1. The van der Waals surface area contributed by atoms with Gasteiger partial charge >= 0.3 is 0 Å². The topological polar surface area (TPSA) is 85.8 Å². The van der Waals surface area contributed by atoms with Crippen LogP contribution in [-0.2, 0) is 12.8 Å². The zero-order valence-corrected chi connectivity index (χ0v) is 13.2. The number of carbonyl (C=O) groups excluding carboxylic acids is 1. The van der Waals surface area contributed by atoms with Crippen molar-refractivity contribution in [3.05, 3.63) is 29.2 Å². The number of nitrogens with zero attached hydrogens (tertiary/aromatic N) is 4. The van der Waals surface area contributed by atoms with Crippen LogP contribution in [0.3, 0.4) is 0 Å². The minimum atomic E-state index is -0.248. The first kappa shape index (κ1) is 14.7. The van der Waals surface area contributed by atoms with E-state index >= 15 is 0 Å². The van der Waals surface area contributed by atoms with Crippen molar-refractivity contribution in [2.24, 2.45) is 0 Å². The molecule has 7 nitrogen and oxygen atoms in total.